The summed E-state index contributed by atoms with van der Waals surface area (Å²) in [6.07, 6.45) is 3.36. The lowest BCUT2D eigenvalue weighted by Gasteiger charge is -1.99. The Labute approximate surface area is 119 Å². The van der Waals surface area contributed by atoms with E-state index in [2.05, 4.69) is 0 Å². The van der Waals surface area contributed by atoms with Crippen molar-refractivity contribution in [3.05, 3.63) is 57.5 Å². The van der Waals surface area contributed by atoms with Gasteiger partial charge in [0.2, 0.25) is 0 Å². The van der Waals surface area contributed by atoms with Crippen molar-refractivity contribution >= 4 is 41.3 Å². The van der Waals surface area contributed by atoms with Crippen LogP contribution in [0.15, 0.2) is 34.7 Å². The Morgan fingerprint density at radius 1 is 1.21 bits per heavy atom. The number of amides is 1. The number of carbonyl (C=O) groups is 1. The number of halogens is 2. The van der Waals surface area contributed by atoms with Crippen LogP contribution in [0.1, 0.15) is 21.9 Å². The molecule has 19 heavy (non-hydrogen) atoms. The van der Waals surface area contributed by atoms with Crippen LogP contribution in [0.5, 0.6) is 0 Å². The molecule has 0 radical (unpaired) electrons. The Morgan fingerprint density at radius 3 is 2.74 bits per heavy atom. The minimum Gasteiger partial charge on any atom is -0.451 e. The first-order valence-electron chi connectivity index (χ1n) is 5.28. The van der Waals surface area contributed by atoms with Crippen LogP contribution in [0.25, 0.3) is 12.2 Å². The Balaban J connectivity index is 2.21. The van der Waals surface area contributed by atoms with Crippen LogP contribution in [-0.4, -0.2) is 11.1 Å². The van der Waals surface area contributed by atoms with E-state index in [-0.39, 0.29) is 5.76 Å². The molecule has 0 bridgehead atoms. The lowest BCUT2D eigenvalue weighted by atomic mass is 10.2. The predicted molar refractivity (Wildman–Crippen MR) is 73.4 cm³/mol. The number of hydrogen-bond donors (Lipinski definition) is 2. The number of hydrogen-bond acceptors (Lipinski definition) is 3. The van der Waals surface area contributed by atoms with Gasteiger partial charge in [-0.15, -0.1) is 0 Å². The van der Waals surface area contributed by atoms with Crippen molar-refractivity contribution in [1.29, 1.82) is 0 Å². The average Bonchev–Trinajstić information content (AvgIpc) is 2.88. The fourth-order valence-electron chi connectivity index (χ4n) is 1.44. The van der Waals surface area contributed by atoms with Gasteiger partial charge in [0.1, 0.15) is 5.76 Å². The van der Waals surface area contributed by atoms with Crippen LogP contribution >= 0.6 is 23.2 Å². The summed E-state index contributed by atoms with van der Waals surface area (Å²) in [5.74, 6) is -0.241. The summed E-state index contributed by atoms with van der Waals surface area (Å²) in [5, 5.41) is 9.37. The first-order valence-corrected chi connectivity index (χ1v) is 6.04. The molecule has 0 aliphatic carbocycles. The molecule has 2 rings (SSSR count). The lowest BCUT2D eigenvalue weighted by Crippen LogP contribution is -2.17. The molecular formula is C13H9Cl2NO3. The van der Waals surface area contributed by atoms with Crippen LogP contribution in [0.4, 0.5) is 0 Å². The second-order valence-corrected chi connectivity index (χ2v) is 4.40. The van der Waals surface area contributed by atoms with Gasteiger partial charge in [0.25, 0.3) is 0 Å². The molecule has 6 heteroatoms. The number of nitrogens with one attached hydrogen (secondary N) is 1. The predicted octanol–water partition coefficient (Wildman–Crippen LogP) is 3.88. The minimum atomic E-state index is -0.708. The molecule has 0 unspecified atom stereocenters. The van der Waals surface area contributed by atoms with E-state index in [1.54, 1.807) is 36.4 Å². The zero-order valence-corrected chi connectivity index (χ0v) is 11.1. The number of benzene rings is 1. The number of furan rings is 1. The fourth-order valence-corrected chi connectivity index (χ4v) is 1.81. The molecule has 2 N–H and O–H groups in total. The third-order valence-corrected chi connectivity index (χ3v) is 3.19. The highest BCUT2D eigenvalue weighted by atomic mass is 35.5. The molecule has 0 saturated carbocycles. The van der Waals surface area contributed by atoms with Crippen molar-refractivity contribution < 1.29 is 14.4 Å². The first kappa shape index (κ1) is 13.7. The largest absolute Gasteiger partial charge is 0.451 e. The molecule has 0 atom stereocenters. The van der Waals surface area contributed by atoms with E-state index in [0.717, 1.165) is 5.56 Å². The maximum absolute atomic E-state index is 11.1. The fraction of sp³-hybridized carbons (Fsp3) is 0. The zero-order chi connectivity index (χ0) is 13.8. The summed E-state index contributed by atoms with van der Waals surface area (Å²) >= 11 is 11.9. The molecule has 4 nitrogen and oxygen atoms in total. The summed E-state index contributed by atoms with van der Waals surface area (Å²) < 4.78 is 5.19. The maximum atomic E-state index is 11.1. The summed E-state index contributed by atoms with van der Waals surface area (Å²) in [4.78, 5) is 11.1. The molecule has 1 aromatic carbocycles. The summed E-state index contributed by atoms with van der Waals surface area (Å²) in [6, 6.07) is 8.32. The first-order chi connectivity index (χ1) is 9.11. The van der Waals surface area contributed by atoms with Crippen molar-refractivity contribution in [2.24, 2.45) is 0 Å². The van der Waals surface area contributed by atoms with Gasteiger partial charge in [-0.25, -0.2) is 5.48 Å². The van der Waals surface area contributed by atoms with Gasteiger partial charge in [0, 0.05) is 0 Å². The summed E-state index contributed by atoms with van der Waals surface area (Å²) in [7, 11) is 0. The van der Waals surface area contributed by atoms with Crippen LogP contribution in [-0.2, 0) is 0 Å². The summed E-state index contributed by atoms with van der Waals surface area (Å²) in [6.45, 7) is 0. The Hall–Kier alpha value is -1.75. The molecule has 1 amide bonds. The molecule has 0 spiro atoms. The van der Waals surface area contributed by atoms with Crippen molar-refractivity contribution in [3.63, 3.8) is 0 Å². The second kappa shape index (κ2) is 5.93. The van der Waals surface area contributed by atoms with Crippen LogP contribution in [0.2, 0.25) is 10.0 Å². The van der Waals surface area contributed by atoms with Crippen molar-refractivity contribution in [1.82, 2.24) is 5.48 Å². The zero-order valence-electron chi connectivity index (χ0n) is 9.56. The molecule has 1 heterocycles. The lowest BCUT2D eigenvalue weighted by molar-refractivity contribution is 0.0676. The molecule has 98 valence electrons. The van der Waals surface area contributed by atoms with Gasteiger partial charge in [0.05, 0.1) is 10.0 Å². The van der Waals surface area contributed by atoms with Gasteiger partial charge in [-0.2, -0.15) is 0 Å². The van der Waals surface area contributed by atoms with Crippen molar-refractivity contribution in [2.45, 2.75) is 0 Å². The SMILES string of the molecule is O=C(NO)c1ccc(/C=C/c2cccc(Cl)c2Cl)o1. The molecule has 2 aromatic rings. The third kappa shape index (κ3) is 3.17. The Kier molecular flexibility index (Phi) is 4.27. The topological polar surface area (TPSA) is 62.5 Å². The normalized spacial score (nSPS) is 10.9. The minimum absolute atomic E-state index is 0.0133. The van der Waals surface area contributed by atoms with Gasteiger partial charge in [0.15, 0.2) is 5.76 Å². The smallest absolute Gasteiger partial charge is 0.310 e. The third-order valence-electron chi connectivity index (χ3n) is 2.36. The molecule has 0 saturated heterocycles. The van der Waals surface area contributed by atoms with Crippen LogP contribution in [0, 0.1) is 0 Å². The van der Waals surface area contributed by atoms with Crippen LogP contribution in [0.3, 0.4) is 0 Å². The quantitative estimate of drug-likeness (QED) is 0.667. The van der Waals surface area contributed by atoms with Gasteiger partial charge in [-0.1, -0.05) is 35.3 Å². The van der Waals surface area contributed by atoms with E-state index in [9.17, 15) is 4.79 Å². The highest BCUT2D eigenvalue weighted by Crippen LogP contribution is 2.27. The van der Waals surface area contributed by atoms with Gasteiger partial charge >= 0.3 is 5.91 Å². The Morgan fingerprint density at radius 2 is 2.00 bits per heavy atom. The molecule has 0 fully saturated rings. The van der Waals surface area contributed by atoms with E-state index in [4.69, 9.17) is 32.8 Å². The monoisotopic (exact) mass is 297 g/mol. The van der Waals surface area contributed by atoms with Gasteiger partial charge in [-0.05, 0) is 35.9 Å². The standard InChI is InChI=1S/C13H9Cl2NO3/c14-10-3-1-2-8(12(10)15)4-5-9-6-7-11(19-9)13(17)16-18/h1-7,18H,(H,16,17)/b5-4+. The van der Waals surface area contributed by atoms with E-state index < -0.39 is 5.91 Å². The maximum Gasteiger partial charge on any atom is 0.310 e. The van der Waals surface area contributed by atoms with Gasteiger partial charge in [-0.3, -0.25) is 10.0 Å². The number of hydroxylamine groups is 1. The van der Waals surface area contributed by atoms with E-state index in [0.29, 0.717) is 15.8 Å². The second-order valence-electron chi connectivity index (χ2n) is 3.62. The van der Waals surface area contributed by atoms with Crippen LogP contribution < -0.4 is 5.48 Å². The van der Waals surface area contributed by atoms with Gasteiger partial charge < -0.3 is 4.42 Å². The van der Waals surface area contributed by atoms with Crippen molar-refractivity contribution in [3.8, 4) is 0 Å². The molecular weight excluding hydrogens is 289 g/mol. The van der Waals surface area contributed by atoms with Crippen molar-refractivity contribution in [2.75, 3.05) is 0 Å². The van der Waals surface area contributed by atoms with E-state index in [1.807, 2.05) is 0 Å². The molecule has 1 aromatic heterocycles. The Bertz CT molecular complexity index is 635. The number of carbonyl (C=O) groups excluding carboxylic acids is 1. The van der Waals surface area contributed by atoms with E-state index >= 15 is 0 Å². The molecule has 0 aliphatic rings. The average molecular weight is 298 g/mol. The highest BCUT2D eigenvalue weighted by Gasteiger charge is 2.08. The number of rotatable bonds is 3. The highest BCUT2D eigenvalue weighted by molar-refractivity contribution is 6.42. The summed E-state index contributed by atoms with van der Waals surface area (Å²) in [5.41, 5.74) is 2.22. The van der Waals surface area contributed by atoms with E-state index in [1.165, 1.54) is 11.5 Å². The molecule has 0 aliphatic heterocycles.